The van der Waals surface area contributed by atoms with Gasteiger partial charge in [0.2, 0.25) is 0 Å². The summed E-state index contributed by atoms with van der Waals surface area (Å²) in [6.45, 7) is 2.11. The van der Waals surface area contributed by atoms with Crippen molar-refractivity contribution in [3.05, 3.63) is 33.3 Å². The van der Waals surface area contributed by atoms with Gasteiger partial charge in [0.15, 0.2) is 0 Å². The highest BCUT2D eigenvalue weighted by Gasteiger charge is 2.20. The monoisotopic (exact) mass is 272 g/mol. The van der Waals surface area contributed by atoms with Crippen LogP contribution >= 0.6 is 27.7 Å². The van der Waals surface area contributed by atoms with Crippen molar-refractivity contribution in [2.75, 3.05) is 5.75 Å². The first kappa shape index (κ1) is 10.5. The quantitative estimate of drug-likeness (QED) is 0.781. The summed E-state index contributed by atoms with van der Waals surface area (Å²) in [5.41, 5.74) is 3.71. The maximum Gasteiger partial charge on any atom is 0.0811 e. The summed E-state index contributed by atoms with van der Waals surface area (Å²) >= 11 is 5.43. The van der Waals surface area contributed by atoms with Gasteiger partial charge in [-0.1, -0.05) is 22.0 Å². The molecule has 0 bridgehead atoms. The van der Waals surface area contributed by atoms with E-state index in [9.17, 15) is 5.11 Å². The molecule has 0 saturated heterocycles. The zero-order valence-electron chi connectivity index (χ0n) is 8.09. The highest BCUT2D eigenvalue weighted by Crippen LogP contribution is 2.36. The van der Waals surface area contributed by atoms with Crippen LogP contribution in [0.3, 0.4) is 0 Å². The molecule has 0 saturated carbocycles. The fraction of sp³-hybridized carbons (Fsp3) is 0.455. The molecule has 1 aliphatic rings. The molecule has 0 spiro atoms. The van der Waals surface area contributed by atoms with E-state index in [4.69, 9.17) is 0 Å². The fourth-order valence-electron chi connectivity index (χ4n) is 1.81. The van der Waals surface area contributed by atoms with Gasteiger partial charge in [-0.15, -0.1) is 0 Å². The molecule has 0 aliphatic carbocycles. The lowest BCUT2D eigenvalue weighted by Crippen LogP contribution is -2.02. The van der Waals surface area contributed by atoms with E-state index in [1.807, 2.05) is 17.8 Å². The summed E-state index contributed by atoms with van der Waals surface area (Å²) in [4.78, 5) is 0. The van der Waals surface area contributed by atoms with Crippen molar-refractivity contribution >= 4 is 27.7 Å². The number of halogens is 1. The molecule has 76 valence electrons. The minimum Gasteiger partial charge on any atom is -0.388 e. The molecule has 0 unspecified atom stereocenters. The molecule has 14 heavy (non-hydrogen) atoms. The molecule has 1 heterocycles. The first-order valence-electron chi connectivity index (χ1n) is 4.74. The molecule has 1 aliphatic heterocycles. The third-order valence-corrected chi connectivity index (χ3v) is 4.36. The molecule has 1 atom stereocenters. The van der Waals surface area contributed by atoms with Crippen LogP contribution in [0, 0.1) is 6.92 Å². The molecule has 1 aromatic carbocycles. The van der Waals surface area contributed by atoms with E-state index in [1.54, 1.807) is 0 Å². The van der Waals surface area contributed by atoms with Crippen molar-refractivity contribution in [3.8, 4) is 0 Å². The third kappa shape index (κ3) is 1.86. The van der Waals surface area contributed by atoms with E-state index in [2.05, 4.69) is 28.9 Å². The molecule has 1 N–H and O–H groups in total. The molecule has 0 amide bonds. The van der Waals surface area contributed by atoms with Gasteiger partial charge in [0.05, 0.1) is 6.10 Å². The number of fused-ring (bicyclic) bond motifs is 1. The van der Waals surface area contributed by atoms with Gasteiger partial charge in [-0.25, -0.2) is 0 Å². The Balaban J connectivity index is 2.57. The van der Waals surface area contributed by atoms with E-state index in [-0.39, 0.29) is 6.10 Å². The van der Waals surface area contributed by atoms with Gasteiger partial charge in [-0.3, -0.25) is 0 Å². The lowest BCUT2D eigenvalue weighted by molar-refractivity contribution is 0.174. The van der Waals surface area contributed by atoms with Crippen molar-refractivity contribution in [2.24, 2.45) is 0 Å². The van der Waals surface area contributed by atoms with Crippen LogP contribution in [0.25, 0.3) is 0 Å². The number of aliphatic hydroxyl groups is 1. The molecule has 0 aromatic heterocycles. The van der Waals surface area contributed by atoms with Crippen LogP contribution in [0.1, 0.15) is 29.2 Å². The molecule has 2 rings (SSSR count). The van der Waals surface area contributed by atoms with Crippen LogP contribution in [-0.4, -0.2) is 10.9 Å². The van der Waals surface area contributed by atoms with Gasteiger partial charge < -0.3 is 5.11 Å². The largest absolute Gasteiger partial charge is 0.388 e. The third-order valence-electron chi connectivity index (χ3n) is 2.65. The van der Waals surface area contributed by atoms with Crippen molar-refractivity contribution in [2.45, 2.75) is 25.2 Å². The van der Waals surface area contributed by atoms with Crippen molar-refractivity contribution < 1.29 is 5.11 Å². The Morgan fingerprint density at radius 1 is 1.50 bits per heavy atom. The summed E-state index contributed by atoms with van der Waals surface area (Å²) in [7, 11) is 0. The Hall–Kier alpha value is 0.01000. The second kappa shape index (κ2) is 4.25. The lowest BCUT2D eigenvalue weighted by atomic mass is 9.98. The average molecular weight is 273 g/mol. The highest BCUT2D eigenvalue weighted by atomic mass is 79.9. The molecule has 1 nitrogen and oxygen atoms in total. The van der Waals surface area contributed by atoms with E-state index in [0.29, 0.717) is 0 Å². The Kier molecular flexibility index (Phi) is 3.20. The van der Waals surface area contributed by atoms with Gasteiger partial charge in [0.1, 0.15) is 0 Å². The van der Waals surface area contributed by atoms with Gasteiger partial charge in [0.25, 0.3) is 0 Å². The van der Waals surface area contributed by atoms with E-state index in [1.165, 1.54) is 11.1 Å². The first-order valence-corrected chi connectivity index (χ1v) is 6.68. The minimum atomic E-state index is -0.297. The highest BCUT2D eigenvalue weighted by molar-refractivity contribution is 9.10. The summed E-state index contributed by atoms with van der Waals surface area (Å²) in [5, 5.41) is 10.0. The SMILES string of the molecule is Cc1ccc(Br)c2c1CSCC[C@@H]2O. The van der Waals surface area contributed by atoms with Gasteiger partial charge in [0, 0.05) is 10.2 Å². The predicted molar refractivity (Wildman–Crippen MR) is 64.6 cm³/mol. The topological polar surface area (TPSA) is 20.2 Å². The van der Waals surface area contributed by atoms with Crippen LogP contribution in [0.4, 0.5) is 0 Å². The number of aryl methyl sites for hydroxylation is 1. The zero-order valence-corrected chi connectivity index (χ0v) is 10.5. The number of hydrogen-bond acceptors (Lipinski definition) is 2. The minimum absolute atomic E-state index is 0.297. The normalized spacial score (nSPS) is 21.5. The van der Waals surface area contributed by atoms with Gasteiger partial charge in [-0.05, 0) is 41.9 Å². The second-order valence-corrected chi connectivity index (χ2v) is 5.57. The number of hydrogen-bond donors (Lipinski definition) is 1. The maximum absolute atomic E-state index is 10.0. The standard InChI is InChI=1S/C11H13BrOS/c1-7-2-3-9(12)11-8(7)6-14-5-4-10(11)13/h2-3,10,13H,4-6H2,1H3/t10-/m0/s1. The second-order valence-electron chi connectivity index (χ2n) is 3.61. The molecule has 0 radical (unpaired) electrons. The number of thioether (sulfide) groups is 1. The molecular weight excluding hydrogens is 260 g/mol. The molecule has 0 fully saturated rings. The summed E-state index contributed by atoms with van der Waals surface area (Å²) < 4.78 is 1.05. The number of rotatable bonds is 0. The van der Waals surface area contributed by atoms with Gasteiger partial charge in [-0.2, -0.15) is 11.8 Å². The Morgan fingerprint density at radius 3 is 3.07 bits per heavy atom. The van der Waals surface area contributed by atoms with E-state index in [0.717, 1.165) is 28.0 Å². The fourth-order valence-corrected chi connectivity index (χ4v) is 3.57. The number of benzene rings is 1. The summed E-state index contributed by atoms with van der Waals surface area (Å²) in [6, 6.07) is 4.15. The Labute approximate surface area is 97.0 Å². The Morgan fingerprint density at radius 2 is 2.29 bits per heavy atom. The average Bonchev–Trinajstić information content (AvgIpc) is 2.35. The zero-order chi connectivity index (χ0) is 10.1. The first-order chi connectivity index (χ1) is 6.70. The summed E-state index contributed by atoms with van der Waals surface area (Å²) in [5.74, 6) is 2.07. The lowest BCUT2D eigenvalue weighted by Gasteiger charge is -2.15. The van der Waals surface area contributed by atoms with E-state index >= 15 is 0 Å². The predicted octanol–water partition coefficient (Wildman–Crippen LogP) is 3.43. The van der Waals surface area contributed by atoms with Crippen LogP contribution < -0.4 is 0 Å². The van der Waals surface area contributed by atoms with Crippen LogP contribution in [0.2, 0.25) is 0 Å². The van der Waals surface area contributed by atoms with Crippen LogP contribution in [-0.2, 0) is 5.75 Å². The van der Waals surface area contributed by atoms with Crippen LogP contribution in [0.15, 0.2) is 16.6 Å². The van der Waals surface area contributed by atoms with Crippen molar-refractivity contribution in [1.29, 1.82) is 0 Å². The van der Waals surface area contributed by atoms with Gasteiger partial charge >= 0.3 is 0 Å². The maximum atomic E-state index is 10.0. The smallest absolute Gasteiger partial charge is 0.0811 e. The van der Waals surface area contributed by atoms with E-state index < -0.39 is 0 Å². The Bertz CT molecular complexity index is 351. The van der Waals surface area contributed by atoms with Crippen LogP contribution in [0.5, 0.6) is 0 Å². The molecule has 3 heteroatoms. The number of aliphatic hydroxyl groups excluding tert-OH is 1. The molecular formula is C11H13BrOS. The molecule has 1 aromatic rings. The summed E-state index contributed by atoms with van der Waals surface area (Å²) in [6.07, 6.45) is 0.564. The van der Waals surface area contributed by atoms with Crippen molar-refractivity contribution in [3.63, 3.8) is 0 Å². The van der Waals surface area contributed by atoms with Crippen molar-refractivity contribution in [1.82, 2.24) is 0 Å².